The van der Waals surface area contributed by atoms with Gasteiger partial charge >= 0.3 is 0 Å². The topological polar surface area (TPSA) is 46.2 Å². The molecule has 1 aliphatic rings. The molecule has 96 valence electrons. The number of halogens is 1. The van der Waals surface area contributed by atoms with Gasteiger partial charge in [-0.2, -0.15) is 0 Å². The van der Waals surface area contributed by atoms with Crippen LogP contribution in [0.5, 0.6) is 0 Å². The molecule has 0 aliphatic heterocycles. The van der Waals surface area contributed by atoms with Crippen molar-refractivity contribution in [2.75, 3.05) is 5.21 Å². The third kappa shape index (κ3) is 3.90. The summed E-state index contributed by atoms with van der Waals surface area (Å²) in [6.07, 6.45) is 3.23. The van der Waals surface area contributed by atoms with E-state index in [9.17, 15) is 8.42 Å². The Hall–Kier alpha value is 0.200. The third-order valence-corrected chi connectivity index (χ3v) is 5.31. The molecule has 0 bridgehead atoms. The standard InChI is InChI=1S/C11H22ClNO2S/c1-8(2)10-5-4-9(3)6-11(10)13-16(14,15)7-12/h8-11,13H,4-7H2,1-3H3. The number of alkyl halides is 1. The van der Waals surface area contributed by atoms with Gasteiger partial charge in [0.2, 0.25) is 10.0 Å². The normalized spacial score (nSPS) is 31.9. The van der Waals surface area contributed by atoms with Crippen molar-refractivity contribution in [3.05, 3.63) is 0 Å². The van der Waals surface area contributed by atoms with Gasteiger partial charge < -0.3 is 0 Å². The van der Waals surface area contributed by atoms with Crippen LogP contribution in [0.4, 0.5) is 0 Å². The van der Waals surface area contributed by atoms with E-state index in [0.717, 1.165) is 12.8 Å². The first kappa shape index (κ1) is 14.3. The minimum atomic E-state index is -3.29. The van der Waals surface area contributed by atoms with Crippen LogP contribution in [0.15, 0.2) is 0 Å². The molecule has 1 rings (SSSR count). The average Bonchev–Trinajstić information content (AvgIpc) is 2.16. The molecular weight excluding hydrogens is 246 g/mol. The second-order valence-corrected chi connectivity index (χ2v) is 7.61. The minimum Gasteiger partial charge on any atom is -0.211 e. The highest BCUT2D eigenvalue weighted by atomic mass is 35.5. The van der Waals surface area contributed by atoms with Crippen LogP contribution in [0, 0.1) is 17.8 Å². The molecular formula is C11H22ClNO2S. The molecule has 16 heavy (non-hydrogen) atoms. The van der Waals surface area contributed by atoms with E-state index in [1.807, 2.05) is 0 Å². The van der Waals surface area contributed by atoms with Gasteiger partial charge in [0.1, 0.15) is 5.21 Å². The van der Waals surface area contributed by atoms with Gasteiger partial charge in [-0.1, -0.05) is 27.2 Å². The summed E-state index contributed by atoms with van der Waals surface area (Å²) in [7, 11) is -3.29. The van der Waals surface area contributed by atoms with Crippen molar-refractivity contribution in [3.63, 3.8) is 0 Å². The maximum absolute atomic E-state index is 11.5. The van der Waals surface area contributed by atoms with Crippen LogP contribution in [0.25, 0.3) is 0 Å². The van der Waals surface area contributed by atoms with Crippen LogP contribution in [0.3, 0.4) is 0 Å². The van der Waals surface area contributed by atoms with Gasteiger partial charge in [-0.3, -0.25) is 0 Å². The highest BCUT2D eigenvalue weighted by Crippen LogP contribution is 2.33. The first-order valence-electron chi connectivity index (χ1n) is 5.91. The first-order chi connectivity index (χ1) is 7.35. The Kier molecular flexibility index (Phi) is 5.08. The summed E-state index contributed by atoms with van der Waals surface area (Å²) in [5, 5.41) is -0.345. The summed E-state index contributed by atoms with van der Waals surface area (Å²) in [6.45, 7) is 6.49. The number of hydrogen-bond donors (Lipinski definition) is 1. The monoisotopic (exact) mass is 267 g/mol. The fourth-order valence-electron chi connectivity index (χ4n) is 2.60. The Morgan fingerprint density at radius 2 is 2.00 bits per heavy atom. The van der Waals surface area contributed by atoms with Crippen LogP contribution in [0.2, 0.25) is 0 Å². The fraction of sp³-hybridized carbons (Fsp3) is 1.00. The lowest BCUT2D eigenvalue weighted by Crippen LogP contribution is -2.45. The largest absolute Gasteiger partial charge is 0.225 e. The lowest BCUT2D eigenvalue weighted by Gasteiger charge is -2.37. The molecule has 1 aliphatic carbocycles. The van der Waals surface area contributed by atoms with Crippen molar-refractivity contribution in [2.24, 2.45) is 17.8 Å². The van der Waals surface area contributed by atoms with Crippen LogP contribution in [-0.2, 0) is 10.0 Å². The van der Waals surface area contributed by atoms with Crippen LogP contribution < -0.4 is 4.72 Å². The predicted molar refractivity (Wildman–Crippen MR) is 67.9 cm³/mol. The molecule has 3 atom stereocenters. The summed E-state index contributed by atoms with van der Waals surface area (Å²) >= 11 is 5.43. The Balaban J connectivity index is 2.72. The van der Waals surface area contributed by atoms with Gasteiger partial charge in [-0.25, -0.2) is 13.1 Å². The molecule has 1 fully saturated rings. The van der Waals surface area contributed by atoms with E-state index in [1.165, 1.54) is 6.42 Å². The molecule has 0 amide bonds. The van der Waals surface area contributed by atoms with E-state index < -0.39 is 10.0 Å². The fourth-order valence-corrected chi connectivity index (χ4v) is 3.58. The molecule has 5 heteroatoms. The van der Waals surface area contributed by atoms with Gasteiger partial charge in [-0.15, -0.1) is 11.6 Å². The van der Waals surface area contributed by atoms with E-state index in [-0.39, 0.29) is 11.3 Å². The maximum Gasteiger partial charge on any atom is 0.225 e. The van der Waals surface area contributed by atoms with Crippen molar-refractivity contribution in [1.29, 1.82) is 0 Å². The second kappa shape index (κ2) is 5.69. The Bertz CT molecular complexity index is 316. The predicted octanol–water partition coefficient (Wildman–Crippen LogP) is 2.56. The minimum absolute atomic E-state index is 0.0625. The van der Waals surface area contributed by atoms with Gasteiger partial charge in [0.05, 0.1) is 0 Å². The number of hydrogen-bond acceptors (Lipinski definition) is 2. The smallest absolute Gasteiger partial charge is 0.211 e. The summed E-state index contributed by atoms with van der Waals surface area (Å²) in [6, 6.07) is 0.0625. The van der Waals surface area contributed by atoms with E-state index in [0.29, 0.717) is 17.8 Å². The molecule has 0 aromatic carbocycles. The molecule has 0 aromatic heterocycles. The Morgan fingerprint density at radius 1 is 1.38 bits per heavy atom. The zero-order chi connectivity index (χ0) is 12.3. The molecule has 0 aromatic rings. The Labute approximate surface area is 104 Å². The maximum atomic E-state index is 11.5. The lowest BCUT2D eigenvalue weighted by atomic mass is 9.74. The molecule has 0 saturated heterocycles. The highest BCUT2D eigenvalue weighted by molar-refractivity contribution is 7.90. The van der Waals surface area contributed by atoms with E-state index in [4.69, 9.17) is 11.6 Å². The number of nitrogens with one attached hydrogen (secondary N) is 1. The van der Waals surface area contributed by atoms with Crippen molar-refractivity contribution < 1.29 is 8.42 Å². The SMILES string of the molecule is CC1CCC(C(C)C)C(NS(=O)(=O)CCl)C1. The first-order valence-corrected chi connectivity index (χ1v) is 8.10. The number of sulfonamides is 1. The van der Waals surface area contributed by atoms with Crippen LogP contribution in [-0.4, -0.2) is 19.7 Å². The van der Waals surface area contributed by atoms with Crippen molar-refractivity contribution >= 4 is 21.6 Å². The molecule has 3 nitrogen and oxygen atoms in total. The summed E-state index contributed by atoms with van der Waals surface area (Å²) in [4.78, 5) is 0. The summed E-state index contributed by atoms with van der Waals surface area (Å²) in [5.74, 6) is 1.54. The number of rotatable bonds is 4. The molecule has 3 unspecified atom stereocenters. The quantitative estimate of drug-likeness (QED) is 0.796. The van der Waals surface area contributed by atoms with E-state index in [1.54, 1.807) is 0 Å². The van der Waals surface area contributed by atoms with Crippen molar-refractivity contribution in [2.45, 2.75) is 46.1 Å². The summed E-state index contributed by atoms with van der Waals surface area (Å²) < 4.78 is 25.7. The highest BCUT2D eigenvalue weighted by Gasteiger charge is 2.32. The van der Waals surface area contributed by atoms with Gasteiger partial charge in [0.25, 0.3) is 0 Å². The van der Waals surface area contributed by atoms with Gasteiger partial charge in [0, 0.05) is 6.04 Å². The Morgan fingerprint density at radius 3 is 2.50 bits per heavy atom. The van der Waals surface area contributed by atoms with Crippen LogP contribution in [0.1, 0.15) is 40.0 Å². The molecule has 1 N–H and O–H groups in total. The zero-order valence-electron chi connectivity index (χ0n) is 10.2. The van der Waals surface area contributed by atoms with Crippen LogP contribution >= 0.6 is 11.6 Å². The summed E-state index contributed by atoms with van der Waals surface area (Å²) in [5.41, 5.74) is 0. The molecule has 0 spiro atoms. The van der Waals surface area contributed by atoms with Gasteiger partial charge in [-0.05, 0) is 30.6 Å². The molecule has 0 heterocycles. The third-order valence-electron chi connectivity index (χ3n) is 3.50. The lowest BCUT2D eigenvalue weighted by molar-refractivity contribution is 0.188. The van der Waals surface area contributed by atoms with E-state index >= 15 is 0 Å². The van der Waals surface area contributed by atoms with Crippen molar-refractivity contribution in [1.82, 2.24) is 4.72 Å². The second-order valence-electron chi connectivity index (χ2n) is 5.27. The van der Waals surface area contributed by atoms with E-state index in [2.05, 4.69) is 25.5 Å². The molecule has 0 radical (unpaired) electrons. The van der Waals surface area contributed by atoms with Gasteiger partial charge in [0.15, 0.2) is 0 Å². The average molecular weight is 268 g/mol. The zero-order valence-corrected chi connectivity index (χ0v) is 11.8. The van der Waals surface area contributed by atoms with Crippen molar-refractivity contribution in [3.8, 4) is 0 Å². The molecule has 1 saturated carbocycles.